The third-order valence-electron chi connectivity index (χ3n) is 4.15. The van der Waals surface area contributed by atoms with Gasteiger partial charge in [0, 0.05) is 10.2 Å². The van der Waals surface area contributed by atoms with E-state index in [0.29, 0.717) is 17.1 Å². The first-order chi connectivity index (χ1) is 12.3. The number of fused-ring (bicyclic) bond motifs is 1. The van der Waals surface area contributed by atoms with Gasteiger partial charge in [0.25, 0.3) is 5.91 Å². The number of nitrogens with one attached hydrogen (secondary N) is 1. The maximum atomic E-state index is 12.7. The molecule has 1 aliphatic rings. The number of benzene rings is 2. The number of nitrogens with zero attached hydrogens (tertiary/aromatic N) is 1. The van der Waals surface area contributed by atoms with Crippen LogP contribution in [0.25, 0.3) is 0 Å². The van der Waals surface area contributed by atoms with Gasteiger partial charge in [0.15, 0.2) is 6.10 Å². The maximum Gasteiger partial charge on any atom is 0.267 e. The number of hydrogen-bond donors (Lipinski definition) is 1. The molecule has 1 N–H and O–H groups in total. The molecule has 0 aromatic heterocycles. The largest absolute Gasteiger partial charge is 0.476 e. The smallest absolute Gasteiger partial charge is 0.267 e. The third-order valence-corrected chi connectivity index (χ3v) is 6.79. The number of sulfonamides is 1. The molecule has 6 nitrogen and oxygen atoms in total. The highest BCUT2D eigenvalue weighted by Crippen LogP contribution is 2.35. The van der Waals surface area contributed by atoms with Crippen LogP contribution >= 0.6 is 15.9 Å². The van der Waals surface area contributed by atoms with Crippen LogP contribution in [0.3, 0.4) is 0 Å². The molecule has 1 amide bonds. The number of anilines is 2. The molecule has 3 rings (SSSR count). The van der Waals surface area contributed by atoms with Crippen LogP contribution in [-0.4, -0.2) is 32.7 Å². The number of carbonyl (C=O) groups excluding carboxylic acids is 1. The average Bonchev–Trinajstić information content (AvgIpc) is 2.63. The molecular weight excluding hydrogens is 420 g/mol. The molecule has 138 valence electrons. The van der Waals surface area contributed by atoms with Gasteiger partial charge in [-0.1, -0.05) is 28.1 Å². The maximum absolute atomic E-state index is 12.7. The van der Waals surface area contributed by atoms with E-state index in [1.807, 2.05) is 19.1 Å². The number of carbonyl (C=O) groups is 1. The third kappa shape index (κ3) is 3.71. The van der Waals surface area contributed by atoms with Crippen LogP contribution in [0, 0.1) is 6.92 Å². The molecule has 0 saturated carbocycles. The van der Waals surface area contributed by atoms with Crippen LogP contribution in [0.5, 0.6) is 5.75 Å². The van der Waals surface area contributed by atoms with Crippen LogP contribution in [0.2, 0.25) is 0 Å². The summed E-state index contributed by atoms with van der Waals surface area (Å²) in [4.78, 5) is 12.7. The number of ether oxygens (including phenoxy) is 1. The van der Waals surface area contributed by atoms with Crippen molar-refractivity contribution in [2.24, 2.45) is 0 Å². The zero-order chi connectivity index (χ0) is 18.9. The van der Waals surface area contributed by atoms with E-state index in [9.17, 15) is 13.2 Å². The van der Waals surface area contributed by atoms with Gasteiger partial charge in [0.1, 0.15) is 5.75 Å². The van der Waals surface area contributed by atoms with Crippen LogP contribution in [-0.2, 0) is 14.8 Å². The number of para-hydroxylation sites is 2. The first kappa shape index (κ1) is 18.7. The lowest BCUT2D eigenvalue weighted by molar-refractivity contribution is -0.122. The normalized spacial score (nSPS) is 16.6. The number of aryl methyl sites for hydroxylation is 1. The van der Waals surface area contributed by atoms with Gasteiger partial charge in [-0.05, 0) is 49.7 Å². The van der Waals surface area contributed by atoms with Gasteiger partial charge in [-0.2, -0.15) is 0 Å². The fraction of sp³-hybridized carbons (Fsp3) is 0.278. The van der Waals surface area contributed by atoms with Crippen molar-refractivity contribution < 1.29 is 17.9 Å². The standard InChI is InChI=1S/C18H19BrN2O4S/c1-3-26(23,24)21-11-17(25-16-7-5-4-6-15(16)21)18(22)20-13-8-9-14(19)12(2)10-13/h4-10,17H,3,11H2,1-2H3,(H,20,22)/t17-/m0/s1. The zero-order valence-electron chi connectivity index (χ0n) is 14.4. The zero-order valence-corrected chi connectivity index (χ0v) is 16.8. The van der Waals surface area contributed by atoms with E-state index < -0.39 is 22.0 Å². The lowest BCUT2D eigenvalue weighted by Gasteiger charge is -2.34. The SMILES string of the molecule is CCS(=O)(=O)N1C[C@@H](C(=O)Nc2ccc(Br)c(C)c2)Oc2ccccc21. The van der Waals surface area contributed by atoms with E-state index in [2.05, 4.69) is 21.2 Å². The quantitative estimate of drug-likeness (QED) is 0.793. The summed E-state index contributed by atoms with van der Waals surface area (Å²) in [6.07, 6.45) is -0.935. The predicted molar refractivity (Wildman–Crippen MR) is 105 cm³/mol. The molecular formula is C18H19BrN2O4S. The Morgan fingerprint density at radius 2 is 2.04 bits per heavy atom. The van der Waals surface area contributed by atoms with Crippen LogP contribution in [0.1, 0.15) is 12.5 Å². The summed E-state index contributed by atoms with van der Waals surface area (Å²) in [6.45, 7) is 3.43. The van der Waals surface area contributed by atoms with Crippen LogP contribution in [0.4, 0.5) is 11.4 Å². The molecule has 0 unspecified atom stereocenters. The summed E-state index contributed by atoms with van der Waals surface area (Å²) < 4.78 is 32.9. The monoisotopic (exact) mass is 438 g/mol. The van der Waals surface area contributed by atoms with Gasteiger partial charge in [-0.3, -0.25) is 9.10 Å². The molecule has 2 aromatic carbocycles. The van der Waals surface area contributed by atoms with E-state index in [1.165, 1.54) is 4.31 Å². The molecule has 8 heteroatoms. The summed E-state index contributed by atoms with van der Waals surface area (Å²) in [5.74, 6) is -0.0675. The minimum absolute atomic E-state index is 0.0540. The highest BCUT2D eigenvalue weighted by atomic mass is 79.9. The Hall–Kier alpha value is -2.06. The van der Waals surface area contributed by atoms with Crippen molar-refractivity contribution in [2.45, 2.75) is 20.0 Å². The Bertz CT molecular complexity index is 946. The first-order valence-corrected chi connectivity index (χ1v) is 10.5. The summed E-state index contributed by atoms with van der Waals surface area (Å²) in [5.41, 5.74) is 2.06. The molecule has 0 aliphatic carbocycles. The molecule has 0 bridgehead atoms. The highest BCUT2D eigenvalue weighted by Gasteiger charge is 2.35. The van der Waals surface area contributed by atoms with Crippen LogP contribution < -0.4 is 14.4 Å². The van der Waals surface area contributed by atoms with E-state index in [1.54, 1.807) is 37.3 Å². The molecule has 1 heterocycles. The highest BCUT2D eigenvalue weighted by molar-refractivity contribution is 9.10. The van der Waals surface area contributed by atoms with Crippen molar-refractivity contribution in [3.8, 4) is 5.75 Å². The van der Waals surface area contributed by atoms with Crippen molar-refractivity contribution >= 4 is 43.2 Å². The Morgan fingerprint density at radius 3 is 2.73 bits per heavy atom. The molecule has 26 heavy (non-hydrogen) atoms. The minimum atomic E-state index is -3.52. The molecule has 0 saturated heterocycles. The van der Waals surface area contributed by atoms with Gasteiger partial charge >= 0.3 is 0 Å². The fourth-order valence-corrected chi connectivity index (χ4v) is 4.07. The fourth-order valence-electron chi connectivity index (χ4n) is 2.70. The Morgan fingerprint density at radius 1 is 1.31 bits per heavy atom. The van der Waals surface area contributed by atoms with E-state index in [-0.39, 0.29) is 12.3 Å². The molecule has 0 fully saturated rings. The Labute approximate surface area is 161 Å². The molecule has 0 spiro atoms. The molecule has 0 radical (unpaired) electrons. The van der Waals surface area contributed by atoms with Gasteiger partial charge < -0.3 is 10.1 Å². The van der Waals surface area contributed by atoms with Crippen molar-refractivity contribution in [1.29, 1.82) is 0 Å². The lowest BCUT2D eigenvalue weighted by atomic mass is 10.2. The van der Waals surface area contributed by atoms with Crippen molar-refractivity contribution in [3.05, 3.63) is 52.5 Å². The Balaban J connectivity index is 1.87. The van der Waals surface area contributed by atoms with E-state index in [0.717, 1.165) is 10.0 Å². The van der Waals surface area contributed by atoms with Crippen LogP contribution in [0.15, 0.2) is 46.9 Å². The van der Waals surface area contributed by atoms with Crippen molar-refractivity contribution in [2.75, 3.05) is 21.9 Å². The summed E-state index contributed by atoms with van der Waals surface area (Å²) in [6, 6.07) is 12.3. The second-order valence-corrected chi connectivity index (χ2v) is 9.00. The van der Waals surface area contributed by atoms with E-state index in [4.69, 9.17) is 4.74 Å². The summed E-state index contributed by atoms with van der Waals surface area (Å²) in [5, 5.41) is 2.79. The van der Waals surface area contributed by atoms with Gasteiger partial charge in [0.2, 0.25) is 10.0 Å². The van der Waals surface area contributed by atoms with Crippen molar-refractivity contribution in [3.63, 3.8) is 0 Å². The second-order valence-electron chi connectivity index (χ2n) is 5.96. The topological polar surface area (TPSA) is 75.7 Å². The van der Waals surface area contributed by atoms with Gasteiger partial charge in [-0.25, -0.2) is 8.42 Å². The molecule has 2 aromatic rings. The van der Waals surface area contributed by atoms with Gasteiger partial charge in [0.05, 0.1) is 18.0 Å². The van der Waals surface area contributed by atoms with Gasteiger partial charge in [-0.15, -0.1) is 0 Å². The second kappa shape index (κ2) is 7.28. The summed E-state index contributed by atoms with van der Waals surface area (Å²) in [7, 11) is -3.52. The average molecular weight is 439 g/mol. The van der Waals surface area contributed by atoms with Crippen molar-refractivity contribution in [1.82, 2.24) is 0 Å². The number of hydrogen-bond acceptors (Lipinski definition) is 4. The lowest BCUT2D eigenvalue weighted by Crippen LogP contribution is -2.49. The summed E-state index contributed by atoms with van der Waals surface area (Å²) >= 11 is 3.42. The Kier molecular flexibility index (Phi) is 5.24. The first-order valence-electron chi connectivity index (χ1n) is 8.15. The number of rotatable bonds is 4. The number of amides is 1. The number of halogens is 1. The predicted octanol–water partition coefficient (Wildman–Crippen LogP) is 3.31. The van der Waals surface area contributed by atoms with E-state index >= 15 is 0 Å². The molecule has 1 aliphatic heterocycles. The minimum Gasteiger partial charge on any atom is -0.476 e. The molecule has 1 atom stereocenters.